The van der Waals surface area contributed by atoms with E-state index in [2.05, 4.69) is 44.7 Å². The largest absolute Gasteiger partial charge is 0.399 e. The Morgan fingerprint density at radius 3 is 2.63 bits per heavy atom. The van der Waals surface area contributed by atoms with Crippen molar-refractivity contribution in [1.29, 1.82) is 0 Å². The van der Waals surface area contributed by atoms with Gasteiger partial charge in [-0.2, -0.15) is 5.10 Å². The van der Waals surface area contributed by atoms with Crippen molar-refractivity contribution < 1.29 is 0 Å². The van der Waals surface area contributed by atoms with Crippen LogP contribution in [-0.4, -0.2) is 47.1 Å². The molecule has 0 unspecified atom stereocenters. The van der Waals surface area contributed by atoms with Crippen LogP contribution in [0.2, 0.25) is 0 Å². The molecule has 0 spiro atoms. The summed E-state index contributed by atoms with van der Waals surface area (Å²) in [4.78, 5) is 7.05. The SMILES string of the molecule is Cc1[nH]nc2ccc(/C(N)=N/C(=C(\N)CCc3ccccc3)N3CCNCC3)cc12. The molecule has 2 aromatic carbocycles. The molecule has 2 heterocycles. The highest BCUT2D eigenvalue weighted by atomic mass is 15.3. The van der Waals surface area contributed by atoms with Gasteiger partial charge in [0.25, 0.3) is 0 Å². The number of rotatable bonds is 6. The third-order valence-electron chi connectivity index (χ3n) is 5.50. The van der Waals surface area contributed by atoms with Gasteiger partial charge in [-0.1, -0.05) is 30.3 Å². The molecule has 6 N–H and O–H groups in total. The molecule has 1 fully saturated rings. The van der Waals surface area contributed by atoms with Gasteiger partial charge < -0.3 is 21.7 Å². The molecule has 4 rings (SSSR count). The standard InChI is InChI=1S/C23H29N7/c1-16-19-15-18(8-10-21(19)29-28-16)22(25)27-23(30-13-11-26-12-14-30)20(24)9-7-17-5-3-2-4-6-17/h2-6,8,10,15,26H,7,9,11-14,24H2,1H3,(H2,25,27)(H,28,29)/b23-20+. The highest BCUT2D eigenvalue weighted by molar-refractivity contribution is 6.01. The number of hydrogen-bond donors (Lipinski definition) is 4. The summed E-state index contributed by atoms with van der Waals surface area (Å²) in [7, 11) is 0. The lowest BCUT2D eigenvalue weighted by atomic mass is 10.1. The van der Waals surface area contributed by atoms with Crippen molar-refractivity contribution in [3.05, 3.63) is 76.9 Å². The van der Waals surface area contributed by atoms with Crippen LogP contribution in [0.4, 0.5) is 0 Å². The Morgan fingerprint density at radius 1 is 1.10 bits per heavy atom. The van der Waals surface area contributed by atoms with E-state index in [9.17, 15) is 0 Å². The van der Waals surface area contributed by atoms with Crippen molar-refractivity contribution in [2.24, 2.45) is 16.5 Å². The molecule has 156 valence electrons. The Morgan fingerprint density at radius 2 is 1.87 bits per heavy atom. The minimum Gasteiger partial charge on any atom is -0.399 e. The minimum absolute atomic E-state index is 0.466. The van der Waals surface area contributed by atoms with Gasteiger partial charge in [0.05, 0.1) is 11.2 Å². The number of benzene rings is 2. The topological polar surface area (TPSA) is 108 Å². The van der Waals surface area contributed by atoms with Gasteiger partial charge in [0.15, 0.2) is 0 Å². The average Bonchev–Trinajstić information content (AvgIpc) is 3.17. The second-order valence-corrected chi connectivity index (χ2v) is 7.65. The van der Waals surface area contributed by atoms with E-state index in [0.29, 0.717) is 5.84 Å². The highest BCUT2D eigenvalue weighted by Gasteiger charge is 2.17. The van der Waals surface area contributed by atoms with E-state index in [1.807, 2.05) is 31.2 Å². The first kappa shape index (κ1) is 20.0. The molecular formula is C23H29N7. The zero-order valence-corrected chi connectivity index (χ0v) is 17.4. The van der Waals surface area contributed by atoms with E-state index in [4.69, 9.17) is 16.5 Å². The highest BCUT2D eigenvalue weighted by Crippen LogP contribution is 2.19. The zero-order valence-electron chi connectivity index (χ0n) is 17.4. The van der Waals surface area contributed by atoms with Crippen molar-refractivity contribution in [3.8, 4) is 0 Å². The number of piperazine rings is 1. The van der Waals surface area contributed by atoms with E-state index >= 15 is 0 Å². The number of aliphatic imine (C=N–C) groups is 1. The molecule has 0 radical (unpaired) electrons. The lowest BCUT2D eigenvalue weighted by Gasteiger charge is -2.30. The van der Waals surface area contributed by atoms with Crippen LogP contribution in [0.5, 0.6) is 0 Å². The quantitative estimate of drug-likeness (QED) is 0.373. The summed E-state index contributed by atoms with van der Waals surface area (Å²) in [5.74, 6) is 1.25. The van der Waals surface area contributed by atoms with Crippen molar-refractivity contribution in [1.82, 2.24) is 20.4 Å². The Bertz CT molecular complexity index is 1060. The normalized spacial score (nSPS) is 16.0. The van der Waals surface area contributed by atoms with Crippen molar-refractivity contribution in [2.75, 3.05) is 26.2 Å². The summed E-state index contributed by atoms with van der Waals surface area (Å²) in [6.07, 6.45) is 1.61. The predicted octanol–water partition coefficient (Wildman–Crippen LogP) is 2.24. The van der Waals surface area contributed by atoms with Crippen LogP contribution >= 0.6 is 0 Å². The molecule has 30 heavy (non-hydrogen) atoms. The Labute approximate surface area is 176 Å². The summed E-state index contributed by atoms with van der Waals surface area (Å²) >= 11 is 0. The number of aromatic amines is 1. The molecular weight excluding hydrogens is 374 g/mol. The minimum atomic E-state index is 0.466. The number of amidine groups is 1. The van der Waals surface area contributed by atoms with E-state index in [1.165, 1.54) is 5.56 Å². The monoisotopic (exact) mass is 403 g/mol. The lowest BCUT2D eigenvalue weighted by Crippen LogP contribution is -2.43. The van der Waals surface area contributed by atoms with Crippen LogP contribution in [0, 0.1) is 6.92 Å². The Kier molecular flexibility index (Phi) is 5.99. The first-order valence-electron chi connectivity index (χ1n) is 10.4. The van der Waals surface area contributed by atoms with Crippen LogP contribution in [0.15, 0.2) is 65.0 Å². The maximum Gasteiger partial charge on any atom is 0.150 e. The summed E-state index contributed by atoms with van der Waals surface area (Å²) < 4.78 is 0. The summed E-state index contributed by atoms with van der Waals surface area (Å²) in [6.45, 7) is 5.53. The van der Waals surface area contributed by atoms with Crippen LogP contribution in [0.3, 0.4) is 0 Å². The van der Waals surface area contributed by atoms with Crippen LogP contribution in [0.25, 0.3) is 10.9 Å². The van der Waals surface area contributed by atoms with E-state index in [1.54, 1.807) is 0 Å². The third kappa shape index (κ3) is 4.46. The number of fused-ring (bicyclic) bond motifs is 1. The number of aromatic nitrogens is 2. The fraction of sp³-hybridized carbons (Fsp3) is 0.304. The van der Waals surface area contributed by atoms with E-state index in [0.717, 1.165) is 72.7 Å². The summed E-state index contributed by atoms with van der Waals surface area (Å²) in [5.41, 5.74) is 17.8. The van der Waals surface area contributed by atoms with Gasteiger partial charge in [0.1, 0.15) is 11.7 Å². The average molecular weight is 404 g/mol. The first-order chi connectivity index (χ1) is 14.6. The molecule has 7 heteroatoms. The number of H-pyrrole nitrogens is 1. The summed E-state index contributed by atoms with van der Waals surface area (Å²) in [5, 5.41) is 11.7. The van der Waals surface area contributed by atoms with Crippen LogP contribution < -0.4 is 16.8 Å². The van der Waals surface area contributed by atoms with Gasteiger partial charge >= 0.3 is 0 Å². The molecule has 0 amide bonds. The molecule has 7 nitrogen and oxygen atoms in total. The molecule has 0 aliphatic carbocycles. The Hall–Kier alpha value is -3.32. The number of allylic oxidation sites excluding steroid dienone is 1. The second-order valence-electron chi connectivity index (χ2n) is 7.65. The molecule has 1 aliphatic rings. The van der Waals surface area contributed by atoms with E-state index < -0.39 is 0 Å². The molecule has 0 bridgehead atoms. The smallest absolute Gasteiger partial charge is 0.150 e. The van der Waals surface area contributed by atoms with Crippen molar-refractivity contribution >= 4 is 16.7 Å². The van der Waals surface area contributed by atoms with Crippen molar-refractivity contribution in [3.63, 3.8) is 0 Å². The number of nitrogens with two attached hydrogens (primary N) is 2. The van der Waals surface area contributed by atoms with Gasteiger partial charge in [0, 0.05) is 42.8 Å². The third-order valence-corrected chi connectivity index (χ3v) is 5.50. The first-order valence-corrected chi connectivity index (χ1v) is 10.4. The van der Waals surface area contributed by atoms with Crippen LogP contribution in [0.1, 0.15) is 23.2 Å². The van der Waals surface area contributed by atoms with Gasteiger partial charge in [-0.25, -0.2) is 4.99 Å². The number of nitrogens with zero attached hydrogens (tertiary/aromatic N) is 3. The maximum atomic E-state index is 6.56. The van der Waals surface area contributed by atoms with Crippen molar-refractivity contribution in [2.45, 2.75) is 19.8 Å². The van der Waals surface area contributed by atoms with Gasteiger partial charge in [-0.05, 0) is 43.5 Å². The second kappa shape index (κ2) is 9.00. The maximum absolute atomic E-state index is 6.56. The molecule has 0 atom stereocenters. The number of hydrogen-bond acceptors (Lipinski definition) is 5. The predicted molar refractivity (Wildman–Crippen MR) is 122 cm³/mol. The molecule has 0 saturated carbocycles. The molecule has 1 aromatic heterocycles. The number of aryl methyl sites for hydroxylation is 2. The van der Waals surface area contributed by atoms with E-state index in [-0.39, 0.29) is 0 Å². The molecule has 1 saturated heterocycles. The molecule has 3 aromatic rings. The number of nitrogens with one attached hydrogen (secondary N) is 2. The van der Waals surface area contributed by atoms with Crippen LogP contribution in [-0.2, 0) is 6.42 Å². The fourth-order valence-electron chi connectivity index (χ4n) is 3.73. The molecule has 1 aliphatic heterocycles. The fourth-order valence-corrected chi connectivity index (χ4v) is 3.73. The van der Waals surface area contributed by atoms with Gasteiger partial charge in [-0.15, -0.1) is 0 Å². The lowest BCUT2D eigenvalue weighted by molar-refractivity contribution is 0.293. The zero-order chi connectivity index (χ0) is 20.9. The van der Waals surface area contributed by atoms with Gasteiger partial charge in [0.2, 0.25) is 0 Å². The van der Waals surface area contributed by atoms with Gasteiger partial charge in [-0.3, -0.25) is 5.10 Å². The summed E-state index contributed by atoms with van der Waals surface area (Å²) in [6, 6.07) is 16.3. The Balaban J connectivity index is 1.64.